The van der Waals surface area contributed by atoms with Gasteiger partial charge in [0, 0.05) is 5.56 Å². The Labute approximate surface area is 110 Å². The summed E-state index contributed by atoms with van der Waals surface area (Å²) >= 11 is 0. The highest BCUT2D eigenvalue weighted by Gasteiger charge is 2.45. The number of nitrogens with two attached hydrogens (primary N) is 1. The van der Waals surface area contributed by atoms with E-state index in [0.717, 1.165) is 0 Å². The Balaban J connectivity index is 2.14. The standard InChI is InChI=1S/C11H18N4O4/c1-4-9(12)13-3-14-10(4)15-11-7(18)6(17)8(19-11)5(2)16/h3,5-8,11,16-18H,1-2H3,(H3,12,13,14,15)/t5?,6-,7+,8+,11+/m0/s1. The van der Waals surface area contributed by atoms with E-state index in [2.05, 4.69) is 15.3 Å². The van der Waals surface area contributed by atoms with Gasteiger partial charge in [-0.1, -0.05) is 0 Å². The van der Waals surface area contributed by atoms with Gasteiger partial charge < -0.3 is 31.1 Å². The Morgan fingerprint density at radius 3 is 2.63 bits per heavy atom. The summed E-state index contributed by atoms with van der Waals surface area (Å²) in [4.78, 5) is 7.82. The van der Waals surface area contributed by atoms with Crippen molar-refractivity contribution in [1.29, 1.82) is 0 Å². The van der Waals surface area contributed by atoms with Gasteiger partial charge >= 0.3 is 0 Å². The fourth-order valence-corrected chi connectivity index (χ4v) is 1.97. The van der Waals surface area contributed by atoms with E-state index < -0.39 is 30.6 Å². The summed E-state index contributed by atoms with van der Waals surface area (Å²) in [5, 5.41) is 31.9. The number of aromatic nitrogens is 2. The topological polar surface area (TPSA) is 134 Å². The zero-order valence-corrected chi connectivity index (χ0v) is 10.7. The van der Waals surface area contributed by atoms with Crippen LogP contribution >= 0.6 is 0 Å². The average Bonchev–Trinajstić information content (AvgIpc) is 2.63. The van der Waals surface area contributed by atoms with Crippen molar-refractivity contribution in [2.24, 2.45) is 0 Å². The number of nitrogens with one attached hydrogen (secondary N) is 1. The first-order valence-electron chi connectivity index (χ1n) is 5.95. The third kappa shape index (κ3) is 2.61. The van der Waals surface area contributed by atoms with E-state index in [9.17, 15) is 15.3 Å². The van der Waals surface area contributed by atoms with Crippen molar-refractivity contribution >= 4 is 11.6 Å². The average molecular weight is 270 g/mol. The van der Waals surface area contributed by atoms with Gasteiger partial charge in [0.1, 0.15) is 36.3 Å². The molecule has 6 N–H and O–H groups in total. The van der Waals surface area contributed by atoms with Crippen LogP contribution < -0.4 is 11.1 Å². The molecule has 0 bridgehead atoms. The number of hydrogen-bond donors (Lipinski definition) is 5. The number of aliphatic hydroxyl groups excluding tert-OH is 3. The summed E-state index contributed by atoms with van der Waals surface area (Å²) in [7, 11) is 0. The molecule has 0 aliphatic carbocycles. The number of aliphatic hydroxyl groups is 3. The predicted molar refractivity (Wildman–Crippen MR) is 67.2 cm³/mol. The maximum Gasteiger partial charge on any atom is 0.158 e. The SMILES string of the molecule is Cc1c(N)ncnc1N[C@@H]1O[C@H](C(C)O)[C@@H](O)[C@H]1O. The number of nitrogen functional groups attached to an aromatic ring is 1. The molecule has 8 nitrogen and oxygen atoms in total. The van der Waals surface area contributed by atoms with Gasteiger partial charge in [-0.25, -0.2) is 9.97 Å². The lowest BCUT2D eigenvalue weighted by molar-refractivity contribution is -0.0532. The Bertz CT molecular complexity index is 456. The quantitative estimate of drug-likeness (QED) is 0.453. The van der Waals surface area contributed by atoms with E-state index in [1.165, 1.54) is 13.3 Å². The molecule has 1 fully saturated rings. The van der Waals surface area contributed by atoms with E-state index in [1.54, 1.807) is 6.92 Å². The van der Waals surface area contributed by atoms with Crippen LogP contribution in [0.4, 0.5) is 11.6 Å². The summed E-state index contributed by atoms with van der Waals surface area (Å²) < 4.78 is 5.38. The Kier molecular flexibility index (Phi) is 3.85. The molecule has 106 valence electrons. The number of nitrogens with zero attached hydrogens (tertiary/aromatic N) is 2. The Morgan fingerprint density at radius 2 is 2.05 bits per heavy atom. The van der Waals surface area contributed by atoms with Crippen LogP contribution in [0.5, 0.6) is 0 Å². The molecule has 1 unspecified atom stereocenters. The number of ether oxygens (including phenoxy) is 1. The second kappa shape index (κ2) is 5.25. The smallest absolute Gasteiger partial charge is 0.158 e. The summed E-state index contributed by atoms with van der Waals surface area (Å²) in [6.07, 6.45) is -3.68. The van der Waals surface area contributed by atoms with Crippen molar-refractivity contribution in [3.8, 4) is 0 Å². The minimum absolute atomic E-state index is 0.317. The lowest BCUT2D eigenvalue weighted by Gasteiger charge is -2.18. The second-order valence-corrected chi connectivity index (χ2v) is 4.62. The van der Waals surface area contributed by atoms with Crippen LogP contribution in [0.2, 0.25) is 0 Å². The largest absolute Gasteiger partial charge is 0.391 e. The van der Waals surface area contributed by atoms with Crippen molar-refractivity contribution in [2.75, 3.05) is 11.1 Å². The van der Waals surface area contributed by atoms with Gasteiger partial charge in [0.15, 0.2) is 6.23 Å². The molecular formula is C11H18N4O4. The van der Waals surface area contributed by atoms with E-state index in [-0.39, 0.29) is 0 Å². The highest BCUT2D eigenvalue weighted by atomic mass is 16.6. The summed E-state index contributed by atoms with van der Waals surface area (Å²) in [5.41, 5.74) is 6.27. The lowest BCUT2D eigenvalue weighted by Crippen LogP contribution is -2.38. The molecule has 2 rings (SSSR count). The van der Waals surface area contributed by atoms with E-state index in [1.807, 2.05) is 0 Å². The van der Waals surface area contributed by atoms with Crippen LogP contribution in [0.3, 0.4) is 0 Å². The molecular weight excluding hydrogens is 252 g/mol. The monoisotopic (exact) mass is 270 g/mol. The van der Waals surface area contributed by atoms with Gasteiger partial charge in [0.2, 0.25) is 0 Å². The van der Waals surface area contributed by atoms with Crippen molar-refractivity contribution in [1.82, 2.24) is 9.97 Å². The maximum absolute atomic E-state index is 9.88. The second-order valence-electron chi connectivity index (χ2n) is 4.62. The molecule has 1 saturated heterocycles. The molecule has 1 aromatic heterocycles. The van der Waals surface area contributed by atoms with E-state index in [4.69, 9.17) is 10.5 Å². The van der Waals surface area contributed by atoms with Crippen LogP contribution in [-0.4, -0.2) is 55.9 Å². The molecule has 0 saturated carbocycles. The van der Waals surface area contributed by atoms with Crippen LogP contribution in [0.15, 0.2) is 6.33 Å². The zero-order chi connectivity index (χ0) is 14.2. The van der Waals surface area contributed by atoms with Gasteiger partial charge in [-0.05, 0) is 13.8 Å². The predicted octanol–water partition coefficient (Wildman–Crippen LogP) is -1.39. The lowest BCUT2D eigenvalue weighted by atomic mass is 10.1. The highest BCUT2D eigenvalue weighted by molar-refractivity contribution is 5.54. The zero-order valence-electron chi connectivity index (χ0n) is 10.7. The Morgan fingerprint density at radius 1 is 1.37 bits per heavy atom. The van der Waals surface area contributed by atoms with Crippen molar-refractivity contribution < 1.29 is 20.1 Å². The minimum atomic E-state index is -1.17. The number of hydrogen-bond acceptors (Lipinski definition) is 8. The molecule has 8 heteroatoms. The fraction of sp³-hybridized carbons (Fsp3) is 0.636. The van der Waals surface area contributed by atoms with Crippen molar-refractivity contribution in [3.63, 3.8) is 0 Å². The van der Waals surface area contributed by atoms with Gasteiger partial charge in [0.05, 0.1) is 6.10 Å². The molecule has 0 amide bonds. The molecule has 1 aromatic rings. The molecule has 0 radical (unpaired) electrons. The first kappa shape index (κ1) is 13.9. The van der Waals surface area contributed by atoms with Gasteiger partial charge in [-0.2, -0.15) is 0 Å². The van der Waals surface area contributed by atoms with Gasteiger partial charge in [-0.3, -0.25) is 0 Å². The molecule has 2 heterocycles. The summed E-state index contributed by atoms with van der Waals surface area (Å²) in [6, 6.07) is 0. The molecule has 5 atom stereocenters. The normalized spacial score (nSPS) is 32.3. The van der Waals surface area contributed by atoms with Crippen LogP contribution in [0.25, 0.3) is 0 Å². The van der Waals surface area contributed by atoms with Crippen molar-refractivity contribution in [2.45, 2.75) is 44.5 Å². The van der Waals surface area contributed by atoms with Crippen molar-refractivity contribution in [3.05, 3.63) is 11.9 Å². The molecule has 0 aromatic carbocycles. The maximum atomic E-state index is 9.88. The molecule has 19 heavy (non-hydrogen) atoms. The minimum Gasteiger partial charge on any atom is -0.391 e. The molecule has 0 spiro atoms. The third-order valence-corrected chi connectivity index (χ3v) is 3.18. The van der Waals surface area contributed by atoms with Gasteiger partial charge in [-0.15, -0.1) is 0 Å². The summed E-state index contributed by atoms with van der Waals surface area (Å²) in [6.45, 7) is 3.21. The molecule has 1 aliphatic heterocycles. The highest BCUT2D eigenvalue weighted by Crippen LogP contribution is 2.26. The van der Waals surface area contributed by atoms with Crippen LogP contribution in [0.1, 0.15) is 12.5 Å². The Hall–Kier alpha value is -1.48. The van der Waals surface area contributed by atoms with E-state index >= 15 is 0 Å². The number of rotatable bonds is 3. The molecule has 1 aliphatic rings. The first-order chi connectivity index (χ1) is 8.91. The third-order valence-electron chi connectivity index (χ3n) is 3.18. The van der Waals surface area contributed by atoms with Crippen LogP contribution in [0, 0.1) is 6.92 Å². The number of anilines is 2. The van der Waals surface area contributed by atoms with E-state index in [0.29, 0.717) is 17.2 Å². The van der Waals surface area contributed by atoms with Gasteiger partial charge in [0.25, 0.3) is 0 Å². The first-order valence-corrected chi connectivity index (χ1v) is 5.95. The fourth-order valence-electron chi connectivity index (χ4n) is 1.97. The van der Waals surface area contributed by atoms with Crippen LogP contribution in [-0.2, 0) is 4.74 Å². The summed E-state index contributed by atoms with van der Waals surface area (Å²) in [5.74, 6) is 0.729.